The molecule has 0 amide bonds. The maximum Gasteiger partial charge on any atom is 0.283 e. The molecule has 8 heteroatoms. The summed E-state index contributed by atoms with van der Waals surface area (Å²) in [4.78, 5) is 19.1. The second kappa shape index (κ2) is 6.88. The monoisotopic (exact) mass is 330 g/mol. The van der Waals surface area contributed by atoms with Gasteiger partial charge in [0.05, 0.1) is 5.69 Å². The summed E-state index contributed by atoms with van der Waals surface area (Å²) in [6.45, 7) is 7.32. The van der Waals surface area contributed by atoms with Crippen LogP contribution in [-0.4, -0.2) is 49.1 Å². The Hall–Kier alpha value is -2.61. The summed E-state index contributed by atoms with van der Waals surface area (Å²) in [5, 5.41) is 7.88. The van der Waals surface area contributed by atoms with Gasteiger partial charge in [-0.1, -0.05) is 25.1 Å². The van der Waals surface area contributed by atoms with Crippen LogP contribution in [0, 0.1) is 5.82 Å². The first-order valence-electron chi connectivity index (χ1n) is 7.93. The smallest absolute Gasteiger partial charge is 0.283 e. The molecule has 0 spiro atoms. The molecule has 0 radical (unpaired) electrons. The quantitative estimate of drug-likeness (QED) is 0.684. The van der Waals surface area contributed by atoms with Crippen LogP contribution in [0.15, 0.2) is 35.4 Å². The van der Waals surface area contributed by atoms with Gasteiger partial charge in [-0.15, -0.1) is 5.10 Å². The lowest BCUT2D eigenvalue weighted by atomic mass is 10.3. The maximum atomic E-state index is 13.4. The molecule has 0 fully saturated rings. The lowest BCUT2D eigenvalue weighted by molar-refractivity contribution is 0.289. The van der Waals surface area contributed by atoms with Crippen LogP contribution in [0.3, 0.4) is 0 Å². The van der Waals surface area contributed by atoms with Gasteiger partial charge in [-0.25, -0.2) is 9.37 Å². The van der Waals surface area contributed by atoms with Crippen molar-refractivity contribution in [1.29, 1.82) is 0 Å². The summed E-state index contributed by atoms with van der Waals surface area (Å²) in [7, 11) is 0. The molecule has 1 aromatic carbocycles. The minimum absolute atomic E-state index is 0.182. The normalized spacial score (nSPS) is 11.5. The molecule has 0 saturated heterocycles. The fraction of sp³-hybridized carbons (Fsp3) is 0.375. The molecule has 24 heavy (non-hydrogen) atoms. The number of rotatable bonds is 6. The fourth-order valence-corrected chi connectivity index (χ4v) is 2.57. The van der Waals surface area contributed by atoms with Gasteiger partial charge in [-0.3, -0.25) is 9.36 Å². The van der Waals surface area contributed by atoms with Crippen molar-refractivity contribution in [1.82, 2.24) is 29.4 Å². The Bertz CT molecular complexity index is 899. The summed E-state index contributed by atoms with van der Waals surface area (Å²) < 4.78 is 16.3. The van der Waals surface area contributed by atoms with E-state index in [1.54, 1.807) is 12.1 Å². The van der Waals surface area contributed by atoms with Crippen molar-refractivity contribution in [3.05, 3.63) is 46.8 Å². The van der Waals surface area contributed by atoms with Crippen LogP contribution >= 0.6 is 0 Å². The van der Waals surface area contributed by atoms with E-state index in [4.69, 9.17) is 0 Å². The van der Waals surface area contributed by atoms with E-state index in [1.165, 1.54) is 27.7 Å². The highest BCUT2D eigenvalue weighted by atomic mass is 19.1. The number of fused-ring (bicyclic) bond motifs is 1. The van der Waals surface area contributed by atoms with Crippen molar-refractivity contribution in [3.8, 4) is 5.69 Å². The zero-order valence-corrected chi connectivity index (χ0v) is 13.7. The highest BCUT2D eigenvalue weighted by Gasteiger charge is 2.14. The third kappa shape index (κ3) is 3.05. The predicted molar refractivity (Wildman–Crippen MR) is 88.7 cm³/mol. The van der Waals surface area contributed by atoms with Gasteiger partial charge in [0.1, 0.15) is 12.1 Å². The Morgan fingerprint density at radius 1 is 1.25 bits per heavy atom. The van der Waals surface area contributed by atoms with Crippen LogP contribution in [0.2, 0.25) is 0 Å². The molecule has 2 heterocycles. The van der Waals surface area contributed by atoms with Crippen LogP contribution < -0.4 is 5.56 Å². The minimum atomic E-state index is -0.385. The first-order valence-corrected chi connectivity index (χ1v) is 7.93. The van der Waals surface area contributed by atoms with Gasteiger partial charge in [0.15, 0.2) is 11.2 Å². The van der Waals surface area contributed by atoms with Crippen molar-refractivity contribution >= 4 is 11.2 Å². The van der Waals surface area contributed by atoms with Gasteiger partial charge in [-0.2, -0.15) is 4.68 Å². The van der Waals surface area contributed by atoms with Crippen LogP contribution in [-0.2, 0) is 6.54 Å². The number of hydrogen-bond donors (Lipinski definition) is 0. The van der Waals surface area contributed by atoms with Gasteiger partial charge in [0.2, 0.25) is 0 Å². The summed E-state index contributed by atoms with van der Waals surface area (Å²) in [5.74, 6) is -0.385. The topological polar surface area (TPSA) is 68.8 Å². The third-order valence-electron chi connectivity index (χ3n) is 4.03. The number of nitrogens with zero attached hydrogens (tertiary/aromatic N) is 6. The van der Waals surface area contributed by atoms with Gasteiger partial charge in [-0.05, 0) is 31.3 Å². The lowest BCUT2D eigenvalue weighted by Crippen LogP contribution is -2.31. The number of likely N-dealkylation sites (N-methyl/N-ethyl adjacent to an activating group) is 1. The highest BCUT2D eigenvalue weighted by Crippen LogP contribution is 2.12. The standard InChI is InChI=1S/C16H19FN6O/c1-3-21(4-2)8-9-22-11-18-15-14(16(22)24)19-20-23(15)13-7-5-6-12(17)10-13/h5-7,10-11H,3-4,8-9H2,1-2H3. The zero-order chi connectivity index (χ0) is 17.1. The number of benzene rings is 1. The molecule has 0 N–H and O–H groups in total. The van der Waals surface area contributed by atoms with Crippen LogP contribution in [0.1, 0.15) is 13.8 Å². The molecular formula is C16H19FN6O. The van der Waals surface area contributed by atoms with E-state index in [9.17, 15) is 9.18 Å². The van der Waals surface area contributed by atoms with Crippen LogP contribution in [0.5, 0.6) is 0 Å². The van der Waals surface area contributed by atoms with E-state index in [-0.39, 0.29) is 16.9 Å². The van der Waals surface area contributed by atoms with Crippen molar-refractivity contribution in [3.63, 3.8) is 0 Å². The Morgan fingerprint density at radius 3 is 2.75 bits per heavy atom. The number of aromatic nitrogens is 5. The summed E-state index contributed by atoms with van der Waals surface area (Å²) in [6.07, 6.45) is 1.49. The highest BCUT2D eigenvalue weighted by molar-refractivity contribution is 5.70. The molecule has 0 aliphatic rings. The van der Waals surface area contributed by atoms with Gasteiger partial charge in [0, 0.05) is 13.1 Å². The molecule has 0 saturated carbocycles. The average Bonchev–Trinajstić information content (AvgIpc) is 3.02. The molecule has 3 rings (SSSR count). The van der Waals surface area contributed by atoms with E-state index in [2.05, 4.69) is 34.0 Å². The van der Waals surface area contributed by atoms with Crippen molar-refractivity contribution in [2.45, 2.75) is 20.4 Å². The first kappa shape index (κ1) is 16.3. The summed E-state index contributed by atoms with van der Waals surface area (Å²) >= 11 is 0. The van der Waals surface area contributed by atoms with Crippen molar-refractivity contribution < 1.29 is 4.39 Å². The molecular weight excluding hydrogens is 311 g/mol. The van der Waals surface area contributed by atoms with E-state index in [0.717, 1.165) is 19.6 Å². The van der Waals surface area contributed by atoms with Crippen LogP contribution in [0.4, 0.5) is 4.39 Å². The molecule has 2 aromatic heterocycles. The Kier molecular flexibility index (Phi) is 4.66. The van der Waals surface area contributed by atoms with Crippen molar-refractivity contribution in [2.75, 3.05) is 19.6 Å². The molecule has 0 aliphatic heterocycles. The Labute approximate surface area is 138 Å². The molecule has 126 valence electrons. The largest absolute Gasteiger partial charge is 0.302 e. The van der Waals surface area contributed by atoms with Gasteiger partial charge >= 0.3 is 0 Å². The third-order valence-corrected chi connectivity index (χ3v) is 4.03. The van der Waals surface area contributed by atoms with Gasteiger partial charge in [0.25, 0.3) is 5.56 Å². The van der Waals surface area contributed by atoms with E-state index >= 15 is 0 Å². The van der Waals surface area contributed by atoms with Crippen molar-refractivity contribution in [2.24, 2.45) is 0 Å². The molecule has 0 unspecified atom stereocenters. The summed E-state index contributed by atoms with van der Waals surface area (Å²) in [6, 6.07) is 5.92. The Morgan fingerprint density at radius 2 is 2.04 bits per heavy atom. The van der Waals surface area contributed by atoms with Gasteiger partial charge < -0.3 is 4.90 Å². The molecule has 0 aliphatic carbocycles. The Balaban J connectivity index is 1.95. The zero-order valence-electron chi connectivity index (χ0n) is 13.7. The van der Waals surface area contributed by atoms with Crippen LogP contribution in [0.25, 0.3) is 16.9 Å². The minimum Gasteiger partial charge on any atom is -0.302 e. The SMILES string of the molecule is CCN(CC)CCn1cnc2c(nnn2-c2cccc(F)c2)c1=O. The second-order valence-corrected chi connectivity index (χ2v) is 5.42. The fourth-order valence-electron chi connectivity index (χ4n) is 2.57. The van der Waals surface area contributed by atoms with E-state index in [0.29, 0.717) is 17.9 Å². The van der Waals surface area contributed by atoms with E-state index in [1.807, 2.05) is 0 Å². The lowest BCUT2D eigenvalue weighted by Gasteiger charge is -2.18. The molecule has 0 atom stereocenters. The number of halogens is 1. The predicted octanol–water partition coefficient (Wildman–Crippen LogP) is 1.46. The van der Waals surface area contributed by atoms with E-state index < -0.39 is 0 Å². The first-order chi connectivity index (χ1) is 11.6. The molecule has 7 nitrogen and oxygen atoms in total. The molecule has 0 bridgehead atoms. The average molecular weight is 330 g/mol. The molecule has 3 aromatic rings. The summed E-state index contributed by atoms with van der Waals surface area (Å²) in [5.41, 5.74) is 0.742. The number of hydrogen-bond acceptors (Lipinski definition) is 5. The second-order valence-electron chi connectivity index (χ2n) is 5.42. The maximum absolute atomic E-state index is 13.4.